The van der Waals surface area contributed by atoms with E-state index >= 15 is 0 Å². The zero-order valence-electron chi connectivity index (χ0n) is 18.3. The number of piperazine rings is 1. The standard InChI is InChI=1S/C24H33N5O.HI/c1-2-28-12-14-29(15-13-28)18-20-8-4-3-7-19(20)17-26-24(25)27-22-11-16-30-23-10-6-5-9-21(22)23;/h3-10,22H,2,11-18H2,1H3,(H3,25,26,27);1H. The van der Waals surface area contributed by atoms with E-state index in [9.17, 15) is 0 Å². The van der Waals surface area contributed by atoms with E-state index in [1.165, 1.54) is 11.1 Å². The van der Waals surface area contributed by atoms with E-state index in [-0.39, 0.29) is 30.0 Å². The Morgan fingerprint density at radius 1 is 1.03 bits per heavy atom. The monoisotopic (exact) mass is 535 g/mol. The summed E-state index contributed by atoms with van der Waals surface area (Å²) in [5.41, 5.74) is 9.99. The van der Waals surface area contributed by atoms with Crippen molar-refractivity contribution in [1.82, 2.24) is 15.1 Å². The number of para-hydroxylation sites is 1. The molecule has 0 radical (unpaired) electrons. The number of benzene rings is 2. The van der Waals surface area contributed by atoms with Gasteiger partial charge < -0.3 is 20.7 Å². The zero-order chi connectivity index (χ0) is 20.8. The summed E-state index contributed by atoms with van der Waals surface area (Å²) in [6, 6.07) is 16.9. The third-order valence-electron chi connectivity index (χ3n) is 6.12. The summed E-state index contributed by atoms with van der Waals surface area (Å²) in [5.74, 6) is 1.42. The van der Waals surface area contributed by atoms with Crippen LogP contribution in [-0.4, -0.2) is 55.1 Å². The summed E-state index contributed by atoms with van der Waals surface area (Å²) in [5, 5.41) is 3.39. The molecule has 0 saturated carbocycles. The molecule has 0 amide bonds. The second-order valence-electron chi connectivity index (χ2n) is 8.05. The molecule has 31 heavy (non-hydrogen) atoms. The van der Waals surface area contributed by atoms with Gasteiger partial charge in [0.05, 0.1) is 19.2 Å². The quantitative estimate of drug-likeness (QED) is 0.338. The predicted octanol–water partition coefficient (Wildman–Crippen LogP) is 3.37. The number of nitrogens with two attached hydrogens (primary N) is 1. The molecule has 6 nitrogen and oxygen atoms in total. The van der Waals surface area contributed by atoms with E-state index in [0.29, 0.717) is 19.1 Å². The van der Waals surface area contributed by atoms with Crippen molar-refractivity contribution in [2.45, 2.75) is 32.5 Å². The van der Waals surface area contributed by atoms with E-state index in [2.05, 4.69) is 57.4 Å². The van der Waals surface area contributed by atoms with Gasteiger partial charge in [0.15, 0.2) is 5.96 Å². The van der Waals surface area contributed by atoms with Gasteiger partial charge in [0.1, 0.15) is 5.75 Å². The van der Waals surface area contributed by atoms with Crippen molar-refractivity contribution in [1.29, 1.82) is 0 Å². The van der Waals surface area contributed by atoms with Crippen LogP contribution in [0.1, 0.15) is 36.1 Å². The van der Waals surface area contributed by atoms with Gasteiger partial charge in [-0.1, -0.05) is 49.4 Å². The van der Waals surface area contributed by atoms with Crippen LogP contribution in [0.2, 0.25) is 0 Å². The Morgan fingerprint density at radius 3 is 2.48 bits per heavy atom. The predicted molar refractivity (Wildman–Crippen MR) is 137 cm³/mol. The summed E-state index contributed by atoms with van der Waals surface area (Å²) in [4.78, 5) is 9.70. The zero-order valence-corrected chi connectivity index (χ0v) is 20.6. The smallest absolute Gasteiger partial charge is 0.189 e. The minimum absolute atomic E-state index is 0. The van der Waals surface area contributed by atoms with E-state index in [4.69, 9.17) is 10.5 Å². The van der Waals surface area contributed by atoms with Crippen LogP contribution >= 0.6 is 24.0 Å². The van der Waals surface area contributed by atoms with Crippen LogP contribution in [0, 0.1) is 0 Å². The Kier molecular flexibility index (Phi) is 8.98. The number of guanidine groups is 1. The molecular formula is C24H34IN5O. The van der Waals surface area contributed by atoms with Crippen molar-refractivity contribution >= 4 is 29.9 Å². The molecule has 1 saturated heterocycles. The van der Waals surface area contributed by atoms with E-state index in [0.717, 1.165) is 57.0 Å². The van der Waals surface area contributed by atoms with Gasteiger partial charge in [0, 0.05) is 44.7 Å². The van der Waals surface area contributed by atoms with Gasteiger partial charge >= 0.3 is 0 Å². The van der Waals surface area contributed by atoms with Crippen molar-refractivity contribution in [2.75, 3.05) is 39.3 Å². The summed E-state index contributed by atoms with van der Waals surface area (Å²) in [7, 11) is 0. The molecular weight excluding hydrogens is 501 g/mol. The average molecular weight is 535 g/mol. The summed E-state index contributed by atoms with van der Waals surface area (Å²) in [6.45, 7) is 10.2. The molecule has 4 rings (SSSR count). The summed E-state index contributed by atoms with van der Waals surface area (Å²) >= 11 is 0. The number of hydrogen-bond acceptors (Lipinski definition) is 4. The first-order valence-corrected chi connectivity index (χ1v) is 11.0. The van der Waals surface area contributed by atoms with E-state index in [1.807, 2.05) is 18.2 Å². The van der Waals surface area contributed by atoms with Crippen LogP contribution in [0.25, 0.3) is 0 Å². The molecule has 1 unspecified atom stereocenters. The molecule has 0 aromatic heterocycles. The maximum absolute atomic E-state index is 6.26. The van der Waals surface area contributed by atoms with Gasteiger partial charge in [-0.2, -0.15) is 0 Å². The van der Waals surface area contributed by atoms with Crippen LogP contribution in [0.15, 0.2) is 53.5 Å². The number of rotatable bonds is 6. The number of aliphatic imine (C=N–C) groups is 1. The maximum atomic E-state index is 6.26. The molecule has 1 atom stereocenters. The normalized spacial score (nSPS) is 19.8. The van der Waals surface area contributed by atoms with Gasteiger partial charge in [0.2, 0.25) is 0 Å². The molecule has 0 bridgehead atoms. The first-order valence-electron chi connectivity index (χ1n) is 11.0. The molecule has 0 spiro atoms. The molecule has 2 aromatic rings. The fourth-order valence-corrected chi connectivity index (χ4v) is 4.26. The Hall–Kier alpha value is -1.84. The van der Waals surface area contributed by atoms with Crippen LogP contribution in [0.3, 0.4) is 0 Å². The lowest BCUT2D eigenvalue weighted by atomic mass is 10.0. The first kappa shape index (κ1) is 23.8. The second-order valence-corrected chi connectivity index (χ2v) is 8.05. The molecule has 168 valence electrons. The Bertz CT molecular complexity index is 867. The molecule has 2 aliphatic rings. The molecule has 1 fully saturated rings. The van der Waals surface area contributed by atoms with Crippen LogP contribution < -0.4 is 15.8 Å². The largest absolute Gasteiger partial charge is 0.493 e. The minimum atomic E-state index is 0. The minimum Gasteiger partial charge on any atom is -0.493 e. The summed E-state index contributed by atoms with van der Waals surface area (Å²) in [6.07, 6.45) is 0.882. The SMILES string of the molecule is CCN1CCN(Cc2ccccc2CN=C(N)NC2CCOc3ccccc32)CC1.I. The highest BCUT2D eigenvalue weighted by Crippen LogP contribution is 2.31. The lowest BCUT2D eigenvalue weighted by Gasteiger charge is -2.34. The molecule has 2 aliphatic heterocycles. The van der Waals surface area contributed by atoms with Crippen molar-refractivity contribution in [3.8, 4) is 5.75 Å². The Labute approximate surface area is 202 Å². The van der Waals surface area contributed by atoms with Gasteiger partial charge in [-0.05, 0) is 23.7 Å². The molecule has 2 aromatic carbocycles. The number of halogens is 1. The molecule has 7 heteroatoms. The Balaban J connectivity index is 0.00000272. The fourth-order valence-electron chi connectivity index (χ4n) is 4.26. The summed E-state index contributed by atoms with van der Waals surface area (Å²) < 4.78 is 5.74. The molecule has 2 heterocycles. The highest BCUT2D eigenvalue weighted by atomic mass is 127. The lowest BCUT2D eigenvalue weighted by molar-refractivity contribution is 0.131. The van der Waals surface area contributed by atoms with Crippen molar-refractivity contribution in [3.63, 3.8) is 0 Å². The topological polar surface area (TPSA) is 66.1 Å². The number of fused-ring (bicyclic) bond motifs is 1. The third kappa shape index (κ3) is 6.33. The molecule has 0 aliphatic carbocycles. The number of likely N-dealkylation sites (N-methyl/N-ethyl adjacent to an activating group) is 1. The number of ether oxygens (including phenoxy) is 1. The number of nitrogens with zero attached hydrogens (tertiary/aromatic N) is 3. The van der Waals surface area contributed by atoms with Crippen molar-refractivity contribution in [3.05, 3.63) is 65.2 Å². The fraction of sp³-hybridized carbons (Fsp3) is 0.458. The van der Waals surface area contributed by atoms with Gasteiger partial charge in [-0.15, -0.1) is 24.0 Å². The molecule has 3 N–H and O–H groups in total. The highest BCUT2D eigenvalue weighted by molar-refractivity contribution is 14.0. The second kappa shape index (κ2) is 11.7. The van der Waals surface area contributed by atoms with Gasteiger partial charge in [0.25, 0.3) is 0 Å². The number of hydrogen-bond donors (Lipinski definition) is 2. The van der Waals surface area contributed by atoms with Crippen molar-refractivity contribution < 1.29 is 4.74 Å². The van der Waals surface area contributed by atoms with Gasteiger partial charge in [-0.3, -0.25) is 4.90 Å². The van der Waals surface area contributed by atoms with Crippen molar-refractivity contribution in [2.24, 2.45) is 10.7 Å². The van der Waals surface area contributed by atoms with Crippen LogP contribution in [-0.2, 0) is 13.1 Å². The first-order chi connectivity index (χ1) is 14.7. The maximum Gasteiger partial charge on any atom is 0.189 e. The van der Waals surface area contributed by atoms with Gasteiger partial charge in [-0.25, -0.2) is 4.99 Å². The van der Waals surface area contributed by atoms with E-state index < -0.39 is 0 Å². The van der Waals surface area contributed by atoms with Crippen LogP contribution in [0.5, 0.6) is 5.75 Å². The third-order valence-corrected chi connectivity index (χ3v) is 6.12. The lowest BCUT2D eigenvalue weighted by Crippen LogP contribution is -2.45. The van der Waals surface area contributed by atoms with Crippen LogP contribution in [0.4, 0.5) is 0 Å². The Morgan fingerprint density at radius 2 is 1.71 bits per heavy atom. The average Bonchev–Trinajstić information content (AvgIpc) is 2.79. The highest BCUT2D eigenvalue weighted by Gasteiger charge is 2.21. The van der Waals surface area contributed by atoms with E-state index in [1.54, 1.807) is 0 Å². The number of nitrogens with one attached hydrogen (secondary N) is 1.